The van der Waals surface area contributed by atoms with E-state index in [1.165, 1.54) is 11.3 Å². The number of carbonyl (C=O) groups is 1. The van der Waals surface area contributed by atoms with Crippen molar-refractivity contribution in [1.29, 1.82) is 0 Å². The predicted molar refractivity (Wildman–Crippen MR) is 98.5 cm³/mol. The number of aryl methyl sites for hydroxylation is 1. The lowest BCUT2D eigenvalue weighted by Crippen LogP contribution is -2.22. The highest BCUT2D eigenvalue weighted by Gasteiger charge is 2.07. The number of hydrogen-bond acceptors (Lipinski definition) is 5. The first kappa shape index (κ1) is 17.1. The van der Waals surface area contributed by atoms with Crippen molar-refractivity contribution in [2.45, 2.75) is 19.4 Å². The van der Waals surface area contributed by atoms with E-state index >= 15 is 0 Å². The second-order valence-electron chi connectivity index (χ2n) is 5.49. The molecule has 2 heterocycles. The van der Waals surface area contributed by atoms with E-state index in [1.807, 2.05) is 41.8 Å². The molecular weight excluding hydrogens is 334 g/mol. The Morgan fingerprint density at radius 3 is 2.80 bits per heavy atom. The fraction of sp³-hybridized carbons (Fsp3) is 0.211. The van der Waals surface area contributed by atoms with Crippen LogP contribution in [0.5, 0.6) is 5.75 Å². The average Bonchev–Trinajstić information content (AvgIpc) is 3.15. The minimum atomic E-state index is 0.0222. The van der Waals surface area contributed by atoms with Gasteiger partial charge in [0.1, 0.15) is 10.8 Å². The largest absolute Gasteiger partial charge is 0.497 e. The molecule has 0 saturated carbocycles. The second-order valence-corrected chi connectivity index (χ2v) is 6.44. The lowest BCUT2D eigenvalue weighted by molar-refractivity contribution is -0.121. The van der Waals surface area contributed by atoms with Gasteiger partial charge in [-0.1, -0.05) is 12.1 Å². The number of amides is 1. The van der Waals surface area contributed by atoms with Gasteiger partial charge in [0.2, 0.25) is 5.91 Å². The van der Waals surface area contributed by atoms with Crippen LogP contribution in [0.15, 0.2) is 54.2 Å². The predicted octanol–water partition coefficient (Wildman–Crippen LogP) is 3.46. The smallest absolute Gasteiger partial charge is 0.220 e. The highest BCUT2D eigenvalue weighted by atomic mass is 32.1. The van der Waals surface area contributed by atoms with Crippen LogP contribution in [0.2, 0.25) is 0 Å². The summed E-state index contributed by atoms with van der Waals surface area (Å²) in [5, 5.41) is 5.79. The van der Waals surface area contributed by atoms with Crippen LogP contribution in [-0.2, 0) is 17.8 Å². The van der Waals surface area contributed by atoms with Crippen LogP contribution in [0.4, 0.5) is 0 Å². The molecule has 1 aromatic carbocycles. The number of ether oxygens (including phenoxy) is 1. The quantitative estimate of drug-likeness (QED) is 0.706. The van der Waals surface area contributed by atoms with E-state index in [0.717, 1.165) is 27.6 Å². The minimum Gasteiger partial charge on any atom is -0.497 e. The molecule has 0 radical (unpaired) electrons. The van der Waals surface area contributed by atoms with E-state index in [1.54, 1.807) is 19.5 Å². The van der Waals surface area contributed by atoms with Crippen LogP contribution in [0.25, 0.3) is 11.3 Å². The molecule has 3 aromatic rings. The topological polar surface area (TPSA) is 64.1 Å². The van der Waals surface area contributed by atoms with Crippen molar-refractivity contribution in [2.24, 2.45) is 0 Å². The summed E-state index contributed by atoms with van der Waals surface area (Å²) in [7, 11) is 1.64. The summed E-state index contributed by atoms with van der Waals surface area (Å²) >= 11 is 1.54. The lowest BCUT2D eigenvalue weighted by atomic mass is 10.1. The summed E-state index contributed by atoms with van der Waals surface area (Å²) in [5.41, 5.74) is 2.99. The fourth-order valence-electron chi connectivity index (χ4n) is 2.35. The number of rotatable bonds is 7. The van der Waals surface area contributed by atoms with Gasteiger partial charge in [-0.05, 0) is 36.2 Å². The molecule has 0 spiro atoms. The van der Waals surface area contributed by atoms with Crippen LogP contribution < -0.4 is 10.1 Å². The van der Waals surface area contributed by atoms with Gasteiger partial charge >= 0.3 is 0 Å². The normalized spacial score (nSPS) is 10.4. The molecule has 128 valence electrons. The van der Waals surface area contributed by atoms with Gasteiger partial charge in [0.05, 0.1) is 19.3 Å². The van der Waals surface area contributed by atoms with Crippen LogP contribution in [0.3, 0.4) is 0 Å². The molecule has 0 saturated heterocycles. The molecule has 25 heavy (non-hydrogen) atoms. The van der Waals surface area contributed by atoms with E-state index in [9.17, 15) is 4.79 Å². The summed E-state index contributed by atoms with van der Waals surface area (Å²) in [5.74, 6) is 0.843. The van der Waals surface area contributed by atoms with Gasteiger partial charge in [-0.15, -0.1) is 11.3 Å². The van der Waals surface area contributed by atoms with Crippen molar-refractivity contribution in [3.05, 3.63) is 64.7 Å². The number of nitrogens with zero attached hydrogens (tertiary/aromatic N) is 2. The Morgan fingerprint density at radius 2 is 2.08 bits per heavy atom. The zero-order valence-electron chi connectivity index (χ0n) is 13.9. The van der Waals surface area contributed by atoms with Gasteiger partial charge in [-0.3, -0.25) is 9.78 Å². The fourth-order valence-corrected chi connectivity index (χ4v) is 3.09. The number of benzene rings is 1. The first-order chi connectivity index (χ1) is 12.2. The number of carbonyl (C=O) groups excluding carboxylic acids is 1. The van der Waals surface area contributed by atoms with Crippen molar-refractivity contribution < 1.29 is 9.53 Å². The molecule has 1 amide bonds. The lowest BCUT2D eigenvalue weighted by Gasteiger charge is -2.05. The molecule has 5 nitrogen and oxygen atoms in total. The monoisotopic (exact) mass is 353 g/mol. The summed E-state index contributed by atoms with van der Waals surface area (Å²) in [6, 6.07) is 11.6. The molecule has 0 atom stereocenters. The second kappa shape index (κ2) is 8.39. The Kier molecular flexibility index (Phi) is 5.74. The third kappa shape index (κ3) is 4.87. The van der Waals surface area contributed by atoms with Crippen molar-refractivity contribution >= 4 is 17.2 Å². The van der Waals surface area contributed by atoms with E-state index < -0.39 is 0 Å². The molecule has 0 aliphatic heterocycles. The zero-order valence-corrected chi connectivity index (χ0v) is 14.8. The van der Waals surface area contributed by atoms with Gasteiger partial charge in [-0.2, -0.15) is 0 Å². The van der Waals surface area contributed by atoms with Gasteiger partial charge in [-0.25, -0.2) is 4.98 Å². The molecule has 0 fully saturated rings. The third-order valence-electron chi connectivity index (χ3n) is 3.75. The van der Waals surface area contributed by atoms with Crippen molar-refractivity contribution in [3.63, 3.8) is 0 Å². The summed E-state index contributed by atoms with van der Waals surface area (Å²) < 4.78 is 5.13. The average molecular weight is 353 g/mol. The van der Waals surface area contributed by atoms with Crippen molar-refractivity contribution in [1.82, 2.24) is 15.3 Å². The SMILES string of the molecule is COc1ccc(CCC(=O)NCc2nc(-c3cccnc3)cs2)cc1. The van der Waals surface area contributed by atoms with Gasteiger partial charge < -0.3 is 10.1 Å². The number of hydrogen-bond donors (Lipinski definition) is 1. The molecule has 1 N–H and O–H groups in total. The van der Waals surface area contributed by atoms with Crippen molar-refractivity contribution in [2.75, 3.05) is 7.11 Å². The molecule has 2 aromatic heterocycles. The first-order valence-corrected chi connectivity index (χ1v) is 8.87. The zero-order chi connectivity index (χ0) is 17.5. The minimum absolute atomic E-state index is 0.0222. The molecule has 6 heteroatoms. The van der Waals surface area contributed by atoms with Crippen LogP contribution >= 0.6 is 11.3 Å². The molecule has 0 bridgehead atoms. The molecule has 0 aliphatic carbocycles. The maximum absolute atomic E-state index is 12.0. The van der Waals surface area contributed by atoms with Crippen molar-refractivity contribution in [3.8, 4) is 17.0 Å². The summed E-state index contributed by atoms with van der Waals surface area (Å²) in [6.07, 6.45) is 4.67. The number of aromatic nitrogens is 2. The van der Waals surface area contributed by atoms with Crippen LogP contribution in [-0.4, -0.2) is 23.0 Å². The van der Waals surface area contributed by atoms with Crippen LogP contribution in [0.1, 0.15) is 17.0 Å². The van der Waals surface area contributed by atoms with Crippen LogP contribution in [0, 0.1) is 0 Å². The molecular formula is C19H19N3O2S. The number of pyridine rings is 1. The Labute approximate surface area is 150 Å². The number of nitrogens with one attached hydrogen (secondary N) is 1. The van der Waals surface area contributed by atoms with Gasteiger partial charge in [0, 0.05) is 29.8 Å². The maximum atomic E-state index is 12.0. The number of thiazole rings is 1. The summed E-state index contributed by atoms with van der Waals surface area (Å²) in [6.45, 7) is 0.451. The molecule has 0 unspecified atom stereocenters. The standard InChI is InChI=1S/C19H19N3O2S/c1-24-16-7-4-14(5-8-16)6-9-18(23)21-12-19-22-17(13-25-19)15-3-2-10-20-11-15/h2-5,7-8,10-11,13H,6,9,12H2,1H3,(H,21,23). The number of methoxy groups -OCH3 is 1. The van der Waals surface area contributed by atoms with E-state index in [2.05, 4.69) is 15.3 Å². The highest BCUT2D eigenvalue weighted by molar-refractivity contribution is 7.09. The Balaban J connectivity index is 1.46. The van der Waals surface area contributed by atoms with E-state index in [-0.39, 0.29) is 5.91 Å². The van der Waals surface area contributed by atoms with Gasteiger partial charge in [0.25, 0.3) is 0 Å². The Morgan fingerprint density at radius 1 is 1.24 bits per heavy atom. The molecule has 3 rings (SSSR count). The van der Waals surface area contributed by atoms with E-state index in [4.69, 9.17) is 4.74 Å². The summed E-state index contributed by atoms with van der Waals surface area (Å²) in [4.78, 5) is 20.7. The highest BCUT2D eigenvalue weighted by Crippen LogP contribution is 2.20. The van der Waals surface area contributed by atoms with E-state index in [0.29, 0.717) is 19.4 Å². The Bertz CT molecular complexity index is 816. The van der Waals surface area contributed by atoms with Gasteiger partial charge in [0.15, 0.2) is 0 Å². The maximum Gasteiger partial charge on any atom is 0.220 e. The first-order valence-electron chi connectivity index (χ1n) is 7.99. The molecule has 0 aliphatic rings. The Hall–Kier alpha value is -2.73. The third-order valence-corrected chi connectivity index (χ3v) is 4.59.